The Labute approximate surface area is 194 Å². The van der Waals surface area contributed by atoms with Gasteiger partial charge in [-0.3, -0.25) is 14.4 Å². The Morgan fingerprint density at radius 3 is 2.31 bits per heavy atom. The molecular formula is C25H21BrN2O4. The number of methoxy groups -OCH3 is 1. The summed E-state index contributed by atoms with van der Waals surface area (Å²) in [5, 5.41) is 1.67. The Morgan fingerprint density at radius 1 is 0.906 bits per heavy atom. The molecule has 5 rings (SSSR count). The number of imide groups is 1. The van der Waals surface area contributed by atoms with E-state index in [9.17, 15) is 9.59 Å². The second-order valence-electron chi connectivity index (χ2n) is 7.89. The van der Waals surface area contributed by atoms with Gasteiger partial charge in [-0.25, -0.2) is 9.96 Å². The van der Waals surface area contributed by atoms with Gasteiger partial charge in [0.1, 0.15) is 11.7 Å². The van der Waals surface area contributed by atoms with Gasteiger partial charge in [-0.2, -0.15) is 0 Å². The summed E-state index contributed by atoms with van der Waals surface area (Å²) in [5.41, 5.74) is 3.13. The molecule has 6 nitrogen and oxygen atoms in total. The number of anilines is 2. The molecule has 3 aromatic rings. The molecule has 2 aliphatic heterocycles. The third-order valence-electron chi connectivity index (χ3n) is 5.93. The van der Waals surface area contributed by atoms with E-state index in [0.29, 0.717) is 11.4 Å². The van der Waals surface area contributed by atoms with E-state index >= 15 is 0 Å². The highest BCUT2D eigenvalue weighted by Gasteiger charge is 2.60. The number of carbonyl (C=O) groups excluding carboxylic acids is 2. The topological polar surface area (TPSA) is 59.1 Å². The molecule has 7 heteroatoms. The van der Waals surface area contributed by atoms with Crippen LogP contribution in [0, 0.1) is 12.8 Å². The van der Waals surface area contributed by atoms with Crippen LogP contribution in [-0.2, 0) is 14.4 Å². The van der Waals surface area contributed by atoms with Crippen LogP contribution >= 0.6 is 15.9 Å². The first kappa shape index (κ1) is 20.7. The predicted molar refractivity (Wildman–Crippen MR) is 124 cm³/mol. The fourth-order valence-corrected chi connectivity index (χ4v) is 4.79. The van der Waals surface area contributed by atoms with Gasteiger partial charge in [0.25, 0.3) is 5.91 Å². The van der Waals surface area contributed by atoms with Crippen molar-refractivity contribution >= 4 is 39.1 Å². The molecule has 2 aliphatic rings. The zero-order valence-electron chi connectivity index (χ0n) is 17.6. The first-order valence-corrected chi connectivity index (χ1v) is 11.1. The van der Waals surface area contributed by atoms with Gasteiger partial charge >= 0.3 is 0 Å². The number of amides is 2. The van der Waals surface area contributed by atoms with Crippen LogP contribution in [0.25, 0.3) is 0 Å². The van der Waals surface area contributed by atoms with Gasteiger partial charge in [-0.15, -0.1) is 0 Å². The predicted octanol–water partition coefficient (Wildman–Crippen LogP) is 4.82. The summed E-state index contributed by atoms with van der Waals surface area (Å²) in [6.07, 6.45) is -0.919. The molecule has 0 unspecified atom stereocenters. The second-order valence-corrected chi connectivity index (χ2v) is 8.81. The number of ether oxygens (including phenoxy) is 1. The Hall–Kier alpha value is -3.16. The zero-order valence-corrected chi connectivity index (χ0v) is 19.2. The summed E-state index contributed by atoms with van der Waals surface area (Å²) in [4.78, 5) is 34.5. The van der Waals surface area contributed by atoms with E-state index in [4.69, 9.17) is 9.57 Å². The van der Waals surface area contributed by atoms with Crippen molar-refractivity contribution in [3.8, 4) is 5.75 Å². The third-order valence-corrected chi connectivity index (χ3v) is 6.42. The highest BCUT2D eigenvalue weighted by Crippen LogP contribution is 2.49. The number of hydroxylamine groups is 1. The van der Waals surface area contributed by atoms with Gasteiger partial charge in [-0.05, 0) is 49.4 Å². The van der Waals surface area contributed by atoms with Crippen molar-refractivity contribution in [1.82, 2.24) is 0 Å². The van der Waals surface area contributed by atoms with Crippen LogP contribution < -0.4 is 14.7 Å². The minimum atomic E-state index is -0.919. The average Bonchev–Trinajstić information content (AvgIpc) is 3.31. The molecule has 0 saturated carbocycles. The molecule has 2 heterocycles. The van der Waals surface area contributed by atoms with Crippen molar-refractivity contribution in [3.63, 3.8) is 0 Å². The van der Waals surface area contributed by atoms with E-state index in [1.54, 1.807) is 24.3 Å². The van der Waals surface area contributed by atoms with Gasteiger partial charge in [-0.1, -0.05) is 51.8 Å². The van der Waals surface area contributed by atoms with Crippen LogP contribution in [0.3, 0.4) is 0 Å². The number of nitrogens with zero attached hydrogens (tertiary/aromatic N) is 2. The van der Waals surface area contributed by atoms with Crippen molar-refractivity contribution in [2.45, 2.75) is 19.1 Å². The minimum Gasteiger partial charge on any atom is -0.496 e. The fraction of sp³-hybridized carbons (Fsp3) is 0.200. The summed E-state index contributed by atoms with van der Waals surface area (Å²) in [5.74, 6) is -0.736. The van der Waals surface area contributed by atoms with Crippen molar-refractivity contribution in [3.05, 3.63) is 88.4 Å². The lowest BCUT2D eigenvalue weighted by molar-refractivity contribution is -0.126. The largest absolute Gasteiger partial charge is 0.496 e. The van der Waals surface area contributed by atoms with E-state index in [-0.39, 0.29) is 11.8 Å². The summed E-state index contributed by atoms with van der Waals surface area (Å²) in [6.45, 7) is 1.96. The Bertz CT molecular complexity index is 1180. The summed E-state index contributed by atoms with van der Waals surface area (Å²) in [6, 6.07) is 21.9. The standard InChI is InChI=1S/C25H21BrN2O4/c1-15-8-11-17(12-9-15)27-24(29)21-22(19-14-16(26)10-13-20(19)31-2)28(32-23(21)25(27)30)18-6-4-3-5-7-18/h3-14,21-23H,1-2H3/t21-,22-,23-/m1/s1. The lowest BCUT2D eigenvalue weighted by Crippen LogP contribution is -2.37. The van der Waals surface area contributed by atoms with E-state index in [0.717, 1.165) is 21.3 Å². The molecule has 0 aromatic heterocycles. The SMILES string of the molecule is COc1ccc(Br)cc1[C@@H]1[C@H]2C(=O)N(c3ccc(C)cc3)C(=O)[C@@H]2ON1c1ccccc1. The molecular weight excluding hydrogens is 472 g/mol. The number of carbonyl (C=O) groups is 2. The number of benzene rings is 3. The van der Waals surface area contributed by atoms with Crippen LogP contribution in [-0.4, -0.2) is 25.0 Å². The average molecular weight is 493 g/mol. The fourth-order valence-electron chi connectivity index (χ4n) is 4.41. The number of para-hydroxylation sites is 1. The van der Waals surface area contributed by atoms with Gasteiger partial charge in [0, 0.05) is 10.0 Å². The molecule has 2 amide bonds. The molecule has 0 aliphatic carbocycles. The number of hydrogen-bond acceptors (Lipinski definition) is 5. The van der Waals surface area contributed by atoms with Crippen molar-refractivity contribution in [1.29, 1.82) is 0 Å². The van der Waals surface area contributed by atoms with E-state index in [1.807, 2.05) is 67.6 Å². The van der Waals surface area contributed by atoms with Crippen LogP contribution in [0.4, 0.5) is 11.4 Å². The molecule has 162 valence electrons. The highest BCUT2D eigenvalue weighted by atomic mass is 79.9. The van der Waals surface area contributed by atoms with Crippen LogP contribution in [0.15, 0.2) is 77.3 Å². The molecule has 0 radical (unpaired) electrons. The first-order chi connectivity index (χ1) is 15.5. The highest BCUT2D eigenvalue weighted by molar-refractivity contribution is 9.10. The maximum Gasteiger partial charge on any atom is 0.266 e. The van der Waals surface area contributed by atoms with E-state index in [2.05, 4.69) is 15.9 Å². The smallest absolute Gasteiger partial charge is 0.266 e. The molecule has 3 atom stereocenters. The van der Waals surface area contributed by atoms with Gasteiger partial charge in [0.15, 0.2) is 6.10 Å². The maximum atomic E-state index is 13.7. The number of fused-ring (bicyclic) bond motifs is 1. The summed E-state index contributed by atoms with van der Waals surface area (Å²) in [7, 11) is 1.59. The summed E-state index contributed by atoms with van der Waals surface area (Å²) >= 11 is 3.53. The number of aryl methyl sites for hydroxylation is 1. The van der Waals surface area contributed by atoms with Gasteiger partial charge < -0.3 is 4.74 Å². The van der Waals surface area contributed by atoms with Gasteiger partial charge in [0.05, 0.1) is 24.5 Å². The van der Waals surface area contributed by atoms with Crippen LogP contribution in [0.2, 0.25) is 0 Å². The van der Waals surface area contributed by atoms with Crippen molar-refractivity contribution < 1.29 is 19.2 Å². The molecule has 2 fully saturated rings. The molecule has 0 spiro atoms. The molecule has 3 aromatic carbocycles. The van der Waals surface area contributed by atoms with Crippen LogP contribution in [0.1, 0.15) is 17.2 Å². The molecule has 32 heavy (non-hydrogen) atoms. The minimum absolute atomic E-state index is 0.283. The van der Waals surface area contributed by atoms with Gasteiger partial charge in [0.2, 0.25) is 5.91 Å². The van der Waals surface area contributed by atoms with E-state index < -0.39 is 18.1 Å². The normalized spacial score (nSPS) is 22.4. The van der Waals surface area contributed by atoms with Crippen molar-refractivity contribution in [2.24, 2.45) is 5.92 Å². The van der Waals surface area contributed by atoms with Crippen molar-refractivity contribution in [2.75, 3.05) is 17.1 Å². The number of rotatable bonds is 4. The molecule has 0 N–H and O–H groups in total. The maximum absolute atomic E-state index is 13.7. The molecule has 0 bridgehead atoms. The first-order valence-electron chi connectivity index (χ1n) is 10.3. The van der Waals surface area contributed by atoms with E-state index in [1.165, 1.54) is 4.90 Å². The zero-order chi connectivity index (χ0) is 22.4. The molecule has 2 saturated heterocycles. The summed E-state index contributed by atoms with van der Waals surface area (Å²) < 4.78 is 6.46. The second kappa shape index (κ2) is 8.07. The van der Waals surface area contributed by atoms with Crippen LogP contribution in [0.5, 0.6) is 5.75 Å². The quantitative estimate of drug-likeness (QED) is 0.488. The Balaban J connectivity index is 1.63. The third kappa shape index (κ3) is 3.29. The number of halogens is 1. The monoisotopic (exact) mass is 492 g/mol. The Morgan fingerprint density at radius 2 is 1.62 bits per heavy atom. The lowest BCUT2D eigenvalue weighted by Gasteiger charge is -2.29. The Kier molecular flexibility index (Phi) is 5.23. The lowest BCUT2D eigenvalue weighted by atomic mass is 9.90. The number of hydrogen-bond donors (Lipinski definition) is 0.